The highest BCUT2D eigenvalue weighted by atomic mass is 32.2. The van der Waals surface area contributed by atoms with Crippen molar-refractivity contribution in [2.24, 2.45) is 7.05 Å². The van der Waals surface area contributed by atoms with Crippen LogP contribution < -0.4 is 10.1 Å². The van der Waals surface area contributed by atoms with Crippen molar-refractivity contribution in [3.05, 3.63) is 35.0 Å². The molecule has 0 aliphatic rings. The monoisotopic (exact) mass is 362 g/mol. The fourth-order valence-corrected chi connectivity index (χ4v) is 4.14. The molecule has 8 heteroatoms. The van der Waals surface area contributed by atoms with E-state index >= 15 is 0 Å². The van der Waals surface area contributed by atoms with Crippen molar-refractivity contribution in [1.82, 2.24) is 20.1 Å². The zero-order valence-corrected chi connectivity index (χ0v) is 15.3. The Kier molecular flexibility index (Phi) is 5.06. The maximum absolute atomic E-state index is 12.4. The van der Waals surface area contributed by atoms with Crippen molar-refractivity contribution in [1.29, 1.82) is 0 Å². The number of amides is 1. The summed E-state index contributed by atoms with van der Waals surface area (Å²) in [7, 11) is 3.53. The number of aryl methyl sites for hydroxylation is 2. The second-order valence-corrected chi connectivity index (χ2v) is 7.73. The van der Waals surface area contributed by atoms with Gasteiger partial charge in [-0.25, -0.2) is 0 Å². The summed E-state index contributed by atoms with van der Waals surface area (Å²) in [6.07, 6.45) is 0. The summed E-state index contributed by atoms with van der Waals surface area (Å²) in [5, 5.41) is 12.9. The lowest BCUT2D eigenvalue weighted by Gasteiger charge is -2.06. The number of rotatable bonds is 6. The summed E-state index contributed by atoms with van der Waals surface area (Å²) >= 11 is 3.16. The van der Waals surface area contributed by atoms with Crippen molar-refractivity contribution in [3.8, 4) is 5.75 Å². The van der Waals surface area contributed by atoms with Crippen LogP contribution in [-0.2, 0) is 7.05 Å². The Morgan fingerprint density at radius 3 is 2.92 bits per heavy atom. The Bertz CT molecular complexity index is 872. The fraction of sp³-hybridized carbons (Fsp3) is 0.312. The van der Waals surface area contributed by atoms with Gasteiger partial charge in [0.25, 0.3) is 5.91 Å². The predicted octanol–water partition coefficient (Wildman–Crippen LogP) is 2.87. The normalized spacial score (nSPS) is 11.0. The molecule has 0 saturated carbocycles. The topological polar surface area (TPSA) is 69.0 Å². The van der Waals surface area contributed by atoms with Crippen LogP contribution in [0.5, 0.6) is 5.75 Å². The molecule has 0 aliphatic heterocycles. The number of ether oxygens (including phenoxy) is 1. The van der Waals surface area contributed by atoms with E-state index in [1.807, 2.05) is 42.8 Å². The molecule has 0 atom stereocenters. The van der Waals surface area contributed by atoms with E-state index in [1.165, 1.54) is 0 Å². The summed E-state index contributed by atoms with van der Waals surface area (Å²) in [5.74, 6) is 1.46. The number of methoxy groups -OCH3 is 1. The first-order chi connectivity index (χ1) is 11.6. The van der Waals surface area contributed by atoms with Crippen molar-refractivity contribution >= 4 is 39.9 Å². The van der Waals surface area contributed by atoms with Crippen molar-refractivity contribution in [2.75, 3.05) is 19.4 Å². The second-order valence-electron chi connectivity index (χ2n) is 5.20. The molecule has 0 spiro atoms. The molecule has 2 aromatic heterocycles. The minimum Gasteiger partial charge on any atom is -0.497 e. The van der Waals surface area contributed by atoms with Crippen LogP contribution in [0.2, 0.25) is 0 Å². The van der Waals surface area contributed by atoms with Gasteiger partial charge in [0.15, 0.2) is 4.34 Å². The molecule has 1 N–H and O–H groups in total. The van der Waals surface area contributed by atoms with E-state index < -0.39 is 0 Å². The third kappa shape index (κ3) is 3.54. The Morgan fingerprint density at radius 1 is 1.38 bits per heavy atom. The number of nitrogens with zero attached hydrogens (tertiary/aromatic N) is 3. The van der Waals surface area contributed by atoms with Crippen LogP contribution in [0.15, 0.2) is 28.6 Å². The molecular formula is C16H18N4O2S2. The molecule has 0 fully saturated rings. The molecule has 0 saturated heterocycles. The van der Waals surface area contributed by atoms with Crippen molar-refractivity contribution < 1.29 is 9.53 Å². The molecule has 0 aliphatic carbocycles. The van der Waals surface area contributed by atoms with E-state index in [0.717, 1.165) is 31.8 Å². The highest BCUT2D eigenvalue weighted by Crippen LogP contribution is 2.24. The quantitative estimate of drug-likeness (QED) is 0.539. The first-order valence-electron chi connectivity index (χ1n) is 7.43. The summed E-state index contributed by atoms with van der Waals surface area (Å²) in [6, 6.07) is 7.66. The standard InChI is InChI=1S/C16H18N4O2S2/c1-10-18-19-16(24-10)23-7-6-17-15(21)14-9-11-8-12(22-3)4-5-13(11)20(14)2/h4-5,8-9H,6-7H2,1-3H3,(H,17,21). The van der Waals surface area contributed by atoms with Crippen LogP contribution in [0.4, 0.5) is 0 Å². The Balaban J connectivity index is 1.62. The van der Waals surface area contributed by atoms with Crippen molar-refractivity contribution in [2.45, 2.75) is 11.3 Å². The maximum Gasteiger partial charge on any atom is 0.267 e. The molecular weight excluding hydrogens is 344 g/mol. The molecule has 0 unspecified atom stereocenters. The Morgan fingerprint density at radius 2 is 2.21 bits per heavy atom. The van der Waals surface area contributed by atoms with Gasteiger partial charge in [0.2, 0.25) is 0 Å². The van der Waals surface area contributed by atoms with E-state index in [4.69, 9.17) is 4.74 Å². The lowest BCUT2D eigenvalue weighted by atomic mass is 10.2. The smallest absolute Gasteiger partial charge is 0.267 e. The predicted molar refractivity (Wildman–Crippen MR) is 97.2 cm³/mol. The molecule has 3 rings (SSSR count). The van der Waals surface area contributed by atoms with E-state index in [2.05, 4.69) is 15.5 Å². The zero-order valence-electron chi connectivity index (χ0n) is 13.7. The molecule has 126 valence electrons. The van der Waals surface area contributed by atoms with E-state index in [-0.39, 0.29) is 5.91 Å². The highest BCUT2D eigenvalue weighted by molar-refractivity contribution is 8.01. The SMILES string of the molecule is COc1ccc2c(c1)cc(C(=O)NCCSc1nnc(C)s1)n2C. The van der Waals surface area contributed by atoms with Gasteiger partial charge in [-0.1, -0.05) is 23.1 Å². The summed E-state index contributed by atoms with van der Waals surface area (Å²) in [5.41, 5.74) is 1.63. The average molecular weight is 362 g/mol. The number of benzene rings is 1. The van der Waals surface area contributed by atoms with Gasteiger partial charge in [-0.15, -0.1) is 10.2 Å². The lowest BCUT2D eigenvalue weighted by Crippen LogP contribution is -2.27. The van der Waals surface area contributed by atoms with E-state index in [0.29, 0.717) is 12.2 Å². The Labute approximate surface area is 148 Å². The van der Waals surface area contributed by atoms with E-state index in [9.17, 15) is 4.79 Å². The number of fused-ring (bicyclic) bond motifs is 1. The van der Waals surface area contributed by atoms with Gasteiger partial charge in [-0.2, -0.15) is 0 Å². The first-order valence-corrected chi connectivity index (χ1v) is 9.23. The van der Waals surface area contributed by atoms with Gasteiger partial charge in [0.1, 0.15) is 16.5 Å². The van der Waals surface area contributed by atoms with Gasteiger partial charge >= 0.3 is 0 Å². The third-order valence-corrected chi connectivity index (χ3v) is 5.58. The van der Waals surface area contributed by atoms with Crippen LogP contribution in [0.1, 0.15) is 15.5 Å². The lowest BCUT2D eigenvalue weighted by molar-refractivity contribution is 0.0948. The number of carbonyl (C=O) groups is 1. The van der Waals surface area contributed by atoms with Crippen LogP contribution >= 0.6 is 23.1 Å². The second kappa shape index (κ2) is 7.23. The molecule has 0 radical (unpaired) electrons. The molecule has 0 bridgehead atoms. The average Bonchev–Trinajstić information content (AvgIpc) is 3.14. The number of hydrogen-bond acceptors (Lipinski definition) is 6. The first kappa shape index (κ1) is 16.8. The van der Waals surface area contributed by atoms with Crippen LogP contribution in [0.25, 0.3) is 10.9 Å². The molecule has 3 aromatic rings. The van der Waals surface area contributed by atoms with Crippen molar-refractivity contribution in [3.63, 3.8) is 0 Å². The number of nitrogens with one attached hydrogen (secondary N) is 1. The number of thioether (sulfide) groups is 1. The highest BCUT2D eigenvalue weighted by Gasteiger charge is 2.13. The summed E-state index contributed by atoms with van der Waals surface area (Å²) in [4.78, 5) is 12.4. The van der Waals surface area contributed by atoms with Gasteiger partial charge in [0, 0.05) is 30.2 Å². The molecule has 2 heterocycles. The van der Waals surface area contributed by atoms with Crippen LogP contribution in [0.3, 0.4) is 0 Å². The Hall–Kier alpha value is -2.06. The van der Waals surface area contributed by atoms with Gasteiger partial charge in [-0.05, 0) is 31.2 Å². The molecule has 1 amide bonds. The number of hydrogen-bond donors (Lipinski definition) is 1. The minimum atomic E-state index is -0.0817. The molecule has 1 aromatic carbocycles. The van der Waals surface area contributed by atoms with Gasteiger partial charge in [-0.3, -0.25) is 4.79 Å². The summed E-state index contributed by atoms with van der Waals surface area (Å²) in [6.45, 7) is 2.51. The third-order valence-electron chi connectivity index (χ3n) is 3.60. The summed E-state index contributed by atoms with van der Waals surface area (Å²) < 4.78 is 8.06. The van der Waals surface area contributed by atoms with E-state index in [1.54, 1.807) is 30.2 Å². The minimum absolute atomic E-state index is 0.0817. The molecule has 24 heavy (non-hydrogen) atoms. The zero-order chi connectivity index (χ0) is 17.1. The number of carbonyl (C=O) groups excluding carboxylic acids is 1. The molecule has 6 nitrogen and oxygen atoms in total. The van der Waals surface area contributed by atoms with Gasteiger partial charge < -0.3 is 14.6 Å². The van der Waals surface area contributed by atoms with Crippen LogP contribution in [-0.4, -0.2) is 40.1 Å². The maximum atomic E-state index is 12.4. The fourth-order valence-electron chi connectivity index (χ4n) is 2.40. The largest absolute Gasteiger partial charge is 0.497 e. The number of aromatic nitrogens is 3. The van der Waals surface area contributed by atoms with Gasteiger partial charge in [0.05, 0.1) is 7.11 Å². The van der Waals surface area contributed by atoms with Crippen LogP contribution in [0, 0.1) is 6.92 Å².